The fourth-order valence-corrected chi connectivity index (χ4v) is 3.41. The van der Waals surface area contributed by atoms with E-state index in [1.807, 2.05) is 0 Å². The summed E-state index contributed by atoms with van der Waals surface area (Å²) in [5, 5.41) is 2.70. The molecule has 0 radical (unpaired) electrons. The zero-order valence-corrected chi connectivity index (χ0v) is 14.1. The number of nitrogens with one attached hydrogen (secondary N) is 1. The summed E-state index contributed by atoms with van der Waals surface area (Å²) in [5.74, 6) is -1.15. The van der Waals surface area contributed by atoms with Crippen LogP contribution in [0.25, 0.3) is 0 Å². The normalized spacial score (nSPS) is 18.5. The fourth-order valence-electron chi connectivity index (χ4n) is 3.41. The van der Waals surface area contributed by atoms with Crippen LogP contribution in [0.2, 0.25) is 0 Å². The topological polar surface area (TPSA) is 84.9 Å². The Hall–Kier alpha value is -2.71. The number of ether oxygens (including phenoxy) is 2. The Bertz CT molecular complexity index is 747. The number of ketones is 1. The highest BCUT2D eigenvalue weighted by Gasteiger charge is 2.52. The summed E-state index contributed by atoms with van der Waals surface area (Å²) in [4.78, 5) is 38.1. The van der Waals surface area contributed by atoms with Crippen molar-refractivity contribution in [3.05, 3.63) is 23.8 Å². The molecular formula is C17H18F2N2O5. The molecule has 0 atom stereocenters. The van der Waals surface area contributed by atoms with E-state index in [2.05, 4.69) is 10.1 Å². The molecule has 140 valence electrons. The first kappa shape index (κ1) is 18.1. The number of rotatable bonds is 6. The second kappa shape index (κ2) is 6.89. The molecule has 1 aliphatic carbocycles. The molecule has 1 heterocycles. The zero-order valence-electron chi connectivity index (χ0n) is 14.1. The number of urea groups is 1. The number of benzene rings is 1. The van der Waals surface area contributed by atoms with Gasteiger partial charge < -0.3 is 14.8 Å². The van der Waals surface area contributed by atoms with Crippen LogP contribution in [0.4, 0.5) is 13.6 Å². The minimum absolute atomic E-state index is 0.0411. The van der Waals surface area contributed by atoms with E-state index >= 15 is 0 Å². The molecule has 3 amide bonds. The van der Waals surface area contributed by atoms with Gasteiger partial charge in [0.25, 0.3) is 5.91 Å². The van der Waals surface area contributed by atoms with E-state index in [0.29, 0.717) is 12.8 Å². The van der Waals surface area contributed by atoms with Gasteiger partial charge in [0.15, 0.2) is 17.3 Å². The number of methoxy groups -OCH3 is 1. The summed E-state index contributed by atoms with van der Waals surface area (Å²) < 4.78 is 34.0. The molecule has 1 saturated heterocycles. The highest BCUT2D eigenvalue weighted by molar-refractivity contribution is 6.11. The van der Waals surface area contributed by atoms with Crippen molar-refractivity contribution >= 4 is 17.7 Å². The van der Waals surface area contributed by atoms with Crippen molar-refractivity contribution in [1.82, 2.24) is 10.2 Å². The van der Waals surface area contributed by atoms with Gasteiger partial charge >= 0.3 is 12.6 Å². The molecule has 3 rings (SSSR count). The van der Waals surface area contributed by atoms with E-state index in [1.165, 1.54) is 25.3 Å². The lowest BCUT2D eigenvalue weighted by Gasteiger charge is -2.19. The van der Waals surface area contributed by atoms with Gasteiger partial charge in [-0.15, -0.1) is 0 Å². The van der Waals surface area contributed by atoms with Gasteiger partial charge in [0.1, 0.15) is 5.54 Å². The van der Waals surface area contributed by atoms with Crippen LogP contribution in [0.3, 0.4) is 0 Å². The number of nitrogens with zero attached hydrogens (tertiary/aromatic N) is 1. The third-order valence-electron chi connectivity index (χ3n) is 4.71. The van der Waals surface area contributed by atoms with Gasteiger partial charge in [0.2, 0.25) is 0 Å². The van der Waals surface area contributed by atoms with Crippen molar-refractivity contribution in [2.45, 2.75) is 37.8 Å². The first-order valence-electron chi connectivity index (χ1n) is 8.16. The van der Waals surface area contributed by atoms with E-state index in [4.69, 9.17) is 4.74 Å². The smallest absolute Gasteiger partial charge is 0.387 e. The van der Waals surface area contributed by atoms with Crippen LogP contribution in [0, 0.1) is 0 Å². The number of carbonyl (C=O) groups is 3. The lowest BCUT2D eigenvalue weighted by molar-refractivity contribution is -0.130. The number of imide groups is 1. The molecule has 0 bridgehead atoms. The van der Waals surface area contributed by atoms with Gasteiger partial charge in [0, 0.05) is 5.56 Å². The Morgan fingerprint density at radius 3 is 2.58 bits per heavy atom. The average molecular weight is 368 g/mol. The Balaban J connectivity index is 1.76. The third-order valence-corrected chi connectivity index (χ3v) is 4.71. The Morgan fingerprint density at radius 1 is 1.27 bits per heavy atom. The van der Waals surface area contributed by atoms with Gasteiger partial charge in [-0.05, 0) is 31.0 Å². The van der Waals surface area contributed by atoms with Crippen molar-refractivity contribution in [2.75, 3.05) is 13.7 Å². The number of Topliss-reactive ketones (excluding diaryl/α,β-unsaturated/α-hetero) is 1. The summed E-state index contributed by atoms with van der Waals surface area (Å²) in [6.07, 6.45) is 2.82. The van der Waals surface area contributed by atoms with E-state index in [-0.39, 0.29) is 17.1 Å². The van der Waals surface area contributed by atoms with E-state index < -0.39 is 36.4 Å². The summed E-state index contributed by atoms with van der Waals surface area (Å²) in [7, 11) is 1.25. The van der Waals surface area contributed by atoms with Crippen molar-refractivity contribution in [1.29, 1.82) is 0 Å². The van der Waals surface area contributed by atoms with Crippen LogP contribution in [-0.4, -0.2) is 48.4 Å². The van der Waals surface area contributed by atoms with Crippen LogP contribution in [0.1, 0.15) is 36.0 Å². The molecular weight excluding hydrogens is 350 g/mol. The molecule has 1 N–H and O–H groups in total. The molecule has 1 aliphatic heterocycles. The summed E-state index contributed by atoms with van der Waals surface area (Å²) in [5.41, 5.74) is -0.763. The highest BCUT2D eigenvalue weighted by Crippen LogP contribution is 2.35. The van der Waals surface area contributed by atoms with Crippen LogP contribution >= 0.6 is 0 Å². The fraction of sp³-hybridized carbons (Fsp3) is 0.471. The predicted molar refractivity (Wildman–Crippen MR) is 85.4 cm³/mol. The number of hydrogen-bond acceptors (Lipinski definition) is 5. The van der Waals surface area contributed by atoms with Gasteiger partial charge in [-0.2, -0.15) is 8.78 Å². The molecule has 1 spiro atoms. The Labute approximate surface area is 148 Å². The van der Waals surface area contributed by atoms with Crippen LogP contribution in [0.5, 0.6) is 11.5 Å². The van der Waals surface area contributed by atoms with Crippen molar-refractivity contribution < 1.29 is 32.6 Å². The summed E-state index contributed by atoms with van der Waals surface area (Å²) >= 11 is 0. The van der Waals surface area contributed by atoms with E-state index in [1.54, 1.807) is 0 Å². The maximum Gasteiger partial charge on any atom is 0.387 e. The lowest BCUT2D eigenvalue weighted by atomic mass is 9.98. The number of amides is 3. The Morgan fingerprint density at radius 2 is 1.96 bits per heavy atom. The maximum absolute atomic E-state index is 12.6. The molecule has 7 nitrogen and oxygen atoms in total. The first-order chi connectivity index (χ1) is 12.4. The minimum Gasteiger partial charge on any atom is -0.493 e. The van der Waals surface area contributed by atoms with Gasteiger partial charge in [-0.3, -0.25) is 14.5 Å². The molecule has 0 unspecified atom stereocenters. The van der Waals surface area contributed by atoms with Crippen LogP contribution in [0.15, 0.2) is 18.2 Å². The largest absolute Gasteiger partial charge is 0.493 e. The van der Waals surface area contributed by atoms with Crippen LogP contribution < -0.4 is 14.8 Å². The molecule has 1 aromatic carbocycles. The standard InChI is InChI=1S/C17H18F2N2O5/c1-25-13-8-10(4-5-12(13)26-15(18)19)11(22)9-21-14(23)17(20-16(21)24)6-2-3-7-17/h4-5,8,15H,2-3,6-7,9H2,1H3,(H,20,24). The number of carbonyl (C=O) groups excluding carboxylic acids is 3. The highest BCUT2D eigenvalue weighted by atomic mass is 19.3. The second-order valence-corrected chi connectivity index (χ2v) is 6.28. The monoisotopic (exact) mass is 368 g/mol. The van der Waals surface area contributed by atoms with E-state index in [9.17, 15) is 23.2 Å². The first-order valence-corrected chi connectivity index (χ1v) is 8.16. The number of alkyl halides is 2. The van der Waals surface area contributed by atoms with E-state index in [0.717, 1.165) is 17.7 Å². The average Bonchev–Trinajstić information content (AvgIpc) is 3.15. The van der Waals surface area contributed by atoms with Gasteiger partial charge in [0.05, 0.1) is 13.7 Å². The predicted octanol–water partition coefficient (Wildman–Crippen LogP) is 2.34. The third kappa shape index (κ3) is 3.21. The molecule has 2 fully saturated rings. The zero-order chi connectivity index (χ0) is 18.9. The molecule has 1 aromatic rings. The molecule has 0 aromatic heterocycles. The molecule has 26 heavy (non-hydrogen) atoms. The van der Waals surface area contributed by atoms with Crippen molar-refractivity contribution in [3.8, 4) is 11.5 Å². The number of halogens is 2. The molecule has 9 heteroatoms. The van der Waals surface area contributed by atoms with Crippen molar-refractivity contribution in [2.24, 2.45) is 0 Å². The number of hydrogen-bond donors (Lipinski definition) is 1. The second-order valence-electron chi connectivity index (χ2n) is 6.28. The Kier molecular flexibility index (Phi) is 4.80. The maximum atomic E-state index is 12.6. The van der Waals surface area contributed by atoms with Gasteiger partial charge in [-0.1, -0.05) is 12.8 Å². The summed E-state index contributed by atoms with van der Waals surface area (Å²) in [6, 6.07) is 3.12. The van der Waals surface area contributed by atoms with Gasteiger partial charge in [-0.25, -0.2) is 4.79 Å². The lowest BCUT2D eigenvalue weighted by Crippen LogP contribution is -2.44. The quantitative estimate of drug-likeness (QED) is 0.615. The van der Waals surface area contributed by atoms with Crippen LogP contribution in [-0.2, 0) is 4.79 Å². The summed E-state index contributed by atoms with van der Waals surface area (Å²) in [6.45, 7) is -3.45. The molecule has 1 saturated carbocycles. The minimum atomic E-state index is -3.03. The molecule has 2 aliphatic rings. The van der Waals surface area contributed by atoms with Crippen molar-refractivity contribution in [3.63, 3.8) is 0 Å². The SMILES string of the molecule is COc1cc(C(=O)CN2C(=O)NC3(CCCC3)C2=O)ccc1OC(F)F.